The molecule has 8 nitrogen and oxygen atoms in total. The van der Waals surface area contributed by atoms with Gasteiger partial charge in [-0.25, -0.2) is 4.79 Å². The van der Waals surface area contributed by atoms with E-state index in [-0.39, 0.29) is 30.0 Å². The molecule has 35 heavy (non-hydrogen) atoms. The number of nitrogens with one attached hydrogen (secondary N) is 1. The van der Waals surface area contributed by atoms with Crippen LogP contribution >= 0.6 is 0 Å². The maximum Gasteiger partial charge on any atom is 0.408 e. The molecule has 4 rings (SSSR count). The van der Waals surface area contributed by atoms with E-state index in [1.165, 1.54) is 0 Å². The maximum absolute atomic E-state index is 13.3. The van der Waals surface area contributed by atoms with Crippen LogP contribution in [0.5, 0.6) is 11.5 Å². The number of benzene rings is 1. The first-order chi connectivity index (χ1) is 16.4. The van der Waals surface area contributed by atoms with Gasteiger partial charge in [-0.1, -0.05) is 6.92 Å². The highest BCUT2D eigenvalue weighted by atomic mass is 16.6. The lowest BCUT2D eigenvalue weighted by atomic mass is 9.70. The van der Waals surface area contributed by atoms with Crippen LogP contribution < -0.4 is 14.8 Å². The monoisotopic (exact) mass is 488 g/mol. The SMILES string of the molecule is CC[C@H](NC(=O)OC(C)(C)C)C(=O)N1CC[C@@H]2O[C@@H]3c4ccc(OC)cc4OC(C)(C)[C@H]3C[C@@H]2C1. The molecule has 1 N–H and O–H groups in total. The molecule has 0 bridgehead atoms. The Bertz CT molecular complexity index is 955. The predicted molar refractivity (Wildman–Crippen MR) is 132 cm³/mol. The lowest BCUT2D eigenvalue weighted by Crippen LogP contribution is -2.58. The number of alkyl carbamates (subject to hydrolysis) is 1. The summed E-state index contributed by atoms with van der Waals surface area (Å²) in [6.07, 6.45) is 1.67. The van der Waals surface area contributed by atoms with Crippen molar-refractivity contribution in [3.8, 4) is 11.5 Å². The molecule has 0 saturated carbocycles. The van der Waals surface area contributed by atoms with Gasteiger partial charge in [0.25, 0.3) is 0 Å². The zero-order chi connectivity index (χ0) is 25.5. The standard InChI is InChI=1S/C27H40N2O6/c1-8-20(28-25(31)35-26(2,3)4)24(30)29-12-11-21-16(15-29)13-19-23(33-21)18-10-9-17(32-7)14-22(18)34-27(19,5)6/h9-10,14,16,19-21,23H,8,11-13,15H2,1-7H3,(H,28,31)/t16-,19+,20+,21+,23-/m1/s1. The number of carbonyl (C=O) groups is 2. The molecule has 2 fully saturated rings. The maximum atomic E-state index is 13.3. The Kier molecular flexibility index (Phi) is 6.97. The molecule has 3 aliphatic heterocycles. The second kappa shape index (κ2) is 9.52. The summed E-state index contributed by atoms with van der Waals surface area (Å²) < 4.78 is 23.9. The average Bonchev–Trinajstić information content (AvgIpc) is 2.79. The van der Waals surface area contributed by atoms with E-state index in [9.17, 15) is 9.59 Å². The first-order valence-electron chi connectivity index (χ1n) is 12.7. The summed E-state index contributed by atoms with van der Waals surface area (Å²) in [5, 5.41) is 2.76. The number of likely N-dealkylation sites (tertiary alicyclic amines) is 1. The lowest BCUT2D eigenvalue weighted by molar-refractivity contribution is -0.189. The number of fused-ring (bicyclic) bond motifs is 4. The molecule has 1 aromatic carbocycles. The van der Waals surface area contributed by atoms with Crippen molar-refractivity contribution in [3.05, 3.63) is 23.8 Å². The molecule has 0 radical (unpaired) electrons. The van der Waals surface area contributed by atoms with E-state index in [2.05, 4.69) is 19.2 Å². The van der Waals surface area contributed by atoms with Crippen molar-refractivity contribution in [3.63, 3.8) is 0 Å². The third-order valence-corrected chi connectivity index (χ3v) is 7.41. The number of carbonyl (C=O) groups excluding carboxylic acids is 2. The molecule has 8 heteroatoms. The van der Waals surface area contributed by atoms with Crippen LogP contribution in [0.15, 0.2) is 18.2 Å². The molecule has 0 spiro atoms. The molecule has 0 unspecified atom stereocenters. The third-order valence-electron chi connectivity index (χ3n) is 7.41. The topological polar surface area (TPSA) is 86.3 Å². The van der Waals surface area contributed by atoms with Crippen molar-refractivity contribution in [1.29, 1.82) is 0 Å². The quantitative estimate of drug-likeness (QED) is 0.673. The normalized spacial score (nSPS) is 27.9. The van der Waals surface area contributed by atoms with Crippen molar-refractivity contribution in [1.82, 2.24) is 10.2 Å². The van der Waals surface area contributed by atoms with Gasteiger partial charge in [0.05, 0.1) is 19.3 Å². The Hall–Kier alpha value is -2.48. The van der Waals surface area contributed by atoms with Gasteiger partial charge in [-0.3, -0.25) is 4.79 Å². The first-order valence-corrected chi connectivity index (χ1v) is 12.7. The van der Waals surface area contributed by atoms with E-state index in [0.717, 1.165) is 29.9 Å². The summed E-state index contributed by atoms with van der Waals surface area (Å²) >= 11 is 0. The van der Waals surface area contributed by atoms with Gasteiger partial charge >= 0.3 is 6.09 Å². The second-order valence-electron chi connectivity index (χ2n) is 11.5. The van der Waals surface area contributed by atoms with Crippen LogP contribution in [0, 0.1) is 11.8 Å². The molecule has 2 saturated heterocycles. The van der Waals surface area contributed by atoms with Gasteiger partial charge in [0.1, 0.15) is 28.7 Å². The lowest BCUT2D eigenvalue weighted by Gasteiger charge is -2.53. The smallest absolute Gasteiger partial charge is 0.408 e. The molecule has 1 aromatic rings. The van der Waals surface area contributed by atoms with Gasteiger partial charge in [-0.05, 0) is 66.0 Å². The van der Waals surface area contributed by atoms with Crippen LogP contribution in [0.25, 0.3) is 0 Å². The van der Waals surface area contributed by atoms with Crippen molar-refractivity contribution in [2.75, 3.05) is 20.2 Å². The van der Waals surface area contributed by atoms with Crippen LogP contribution in [0.1, 0.15) is 72.5 Å². The molecule has 5 atom stereocenters. The second-order valence-corrected chi connectivity index (χ2v) is 11.5. The Morgan fingerprint density at radius 3 is 2.69 bits per heavy atom. The molecule has 3 aliphatic rings. The van der Waals surface area contributed by atoms with Crippen LogP contribution in [0.2, 0.25) is 0 Å². The molecule has 0 aliphatic carbocycles. The van der Waals surface area contributed by atoms with E-state index >= 15 is 0 Å². The number of amides is 2. The summed E-state index contributed by atoms with van der Waals surface area (Å²) in [6, 6.07) is 5.34. The van der Waals surface area contributed by atoms with Gasteiger partial charge in [0, 0.05) is 36.6 Å². The van der Waals surface area contributed by atoms with E-state index in [0.29, 0.717) is 19.5 Å². The van der Waals surface area contributed by atoms with Crippen molar-refractivity contribution < 1.29 is 28.5 Å². The number of hydrogen-bond donors (Lipinski definition) is 1. The third kappa shape index (κ3) is 5.37. The van der Waals surface area contributed by atoms with E-state index < -0.39 is 23.3 Å². The van der Waals surface area contributed by atoms with Crippen molar-refractivity contribution in [2.24, 2.45) is 11.8 Å². The number of nitrogens with zero attached hydrogens (tertiary/aromatic N) is 1. The first kappa shape index (κ1) is 25.6. The Morgan fingerprint density at radius 2 is 2.03 bits per heavy atom. The minimum Gasteiger partial charge on any atom is -0.497 e. The Balaban J connectivity index is 1.45. The van der Waals surface area contributed by atoms with Gasteiger partial charge in [0.2, 0.25) is 5.91 Å². The van der Waals surface area contributed by atoms with Crippen LogP contribution in [-0.2, 0) is 14.3 Å². The van der Waals surface area contributed by atoms with E-state index in [4.69, 9.17) is 18.9 Å². The highest BCUT2D eigenvalue weighted by Crippen LogP contribution is 2.53. The zero-order valence-electron chi connectivity index (χ0n) is 22.1. The highest BCUT2D eigenvalue weighted by molar-refractivity contribution is 5.85. The number of rotatable bonds is 4. The Morgan fingerprint density at radius 1 is 1.29 bits per heavy atom. The fourth-order valence-electron chi connectivity index (χ4n) is 5.62. The highest BCUT2D eigenvalue weighted by Gasteiger charge is 2.51. The molecule has 194 valence electrons. The molecule has 2 amide bonds. The van der Waals surface area contributed by atoms with Crippen LogP contribution in [-0.4, -0.2) is 60.4 Å². The summed E-state index contributed by atoms with van der Waals surface area (Å²) in [7, 11) is 1.65. The minimum atomic E-state index is -0.613. The van der Waals surface area contributed by atoms with Crippen molar-refractivity contribution >= 4 is 12.0 Å². The van der Waals surface area contributed by atoms with E-state index in [1.54, 1.807) is 7.11 Å². The minimum absolute atomic E-state index is 0.0413. The largest absolute Gasteiger partial charge is 0.497 e. The van der Waals surface area contributed by atoms with Crippen molar-refractivity contribution in [2.45, 2.75) is 90.3 Å². The zero-order valence-corrected chi connectivity index (χ0v) is 22.1. The van der Waals surface area contributed by atoms with Gasteiger partial charge in [-0.2, -0.15) is 0 Å². The van der Waals surface area contributed by atoms with Crippen LogP contribution in [0.4, 0.5) is 4.79 Å². The number of hydrogen-bond acceptors (Lipinski definition) is 6. The molecule has 3 heterocycles. The Labute approximate surface area is 208 Å². The fourth-order valence-corrected chi connectivity index (χ4v) is 5.62. The predicted octanol–water partition coefficient (Wildman–Crippen LogP) is 4.46. The average molecular weight is 489 g/mol. The number of piperidine rings is 1. The fraction of sp³-hybridized carbons (Fsp3) is 0.704. The van der Waals surface area contributed by atoms with Gasteiger partial charge in [0.15, 0.2) is 0 Å². The summed E-state index contributed by atoms with van der Waals surface area (Å²) in [5.74, 6) is 1.91. The van der Waals surface area contributed by atoms with Gasteiger partial charge in [-0.15, -0.1) is 0 Å². The van der Waals surface area contributed by atoms with Gasteiger partial charge < -0.3 is 29.2 Å². The summed E-state index contributed by atoms with van der Waals surface area (Å²) in [6.45, 7) is 12.8. The number of ether oxygens (including phenoxy) is 4. The molecular weight excluding hydrogens is 448 g/mol. The molecule has 0 aromatic heterocycles. The summed E-state index contributed by atoms with van der Waals surface area (Å²) in [5.41, 5.74) is 0.0452. The molecular formula is C27H40N2O6. The van der Waals surface area contributed by atoms with Crippen LogP contribution in [0.3, 0.4) is 0 Å². The summed E-state index contributed by atoms with van der Waals surface area (Å²) in [4.78, 5) is 27.5. The number of methoxy groups -OCH3 is 1. The van der Waals surface area contributed by atoms with E-state index in [1.807, 2.05) is 50.8 Å².